The molecule has 2 aromatic rings. The maximum Gasteiger partial charge on any atom is 0.135 e. The molecule has 0 aliphatic heterocycles. The maximum absolute atomic E-state index is 13.7. The van der Waals surface area contributed by atoms with Crippen molar-refractivity contribution in [3.05, 3.63) is 69.5 Å². The predicted molar refractivity (Wildman–Crippen MR) is 71.0 cm³/mol. The van der Waals surface area contributed by atoms with Crippen LogP contribution in [0.5, 0.6) is 0 Å². The standard InChI is InChI=1S/C16H15F3O/c1-8-4-10(3)12(5-9(8)2)16(20)15-13(18)6-11(17)7-14(15)19/h4-7,16,20H,1-3H3. The van der Waals surface area contributed by atoms with Crippen molar-refractivity contribution < 1.29 is 18.3 Å². The largest absolute Gasteiger partial charge is 0.383 e. The monoisotopic (exact) mass is 280 g/mol. The minimum Gasteiger partial charge on any atom is -0.383 e. The normalized spacial score (nSPS) is 12.6. The Morgan fingerprint density at radius 3 is 1.85 bits per heavy atom. The Bertz CT molecular complexity index is 642. The van der Waals surface area contributed by atoms with Crippen molar-refractivity contribution in [1.29, 1.82) is 0 Å². The summed E-state index contributed by atoms with van der Waals surface area (Å²) >= 11 is 0. The summed E-state index contributed by atoms with van der Waals surface area (Å²) in [7, 11) is 0. The molecule has 1 unspecified atom stereocenters. The number of hydrogen-bond donors (Lipinski definition) is 1. The van der Waals surface area contributed by atoms with Gasteiger partial charge in [-0.2, -0.15) is 0 Å². The highest BCUT2D eigenvalue weighted by Crippen LogP contribution is 2.30. The molecule has 0 saturated carbocycles. The van der Waals surface area contributed by atoms with E-state index in [4.69, 9.17) is 0 Å². The molecular weight excluding hydrogens is 265 g/mol. The molecule has 1 atom stereocenters. The topological polar surface area (TPSA) is 20.2 Å². The number of aliphatic hydroxyl groups is 1. The predicted octanol–water partition coefficient (Wildman–Crippen LogP) is 4.11. The van der Waals surface area contributed by atoms with Gasteiger partial charge in [0.2, 0.25) is 0 Å². The van der Waals surface area contributed by atoms with Gasteiger partial charge in [-0.15, -0.1) is 0 Å². The maximum atomic E-state index is 13.7. The van der Waals surface area contributed by atoms with Crippen molar-refractivity contribution in [3.8, 4) is 0 Å². The van der Waals surface area contributed by atoms with Gasteiger partial charge in [-0.25, -0.2) is 13.2 Å². The fourth-order valence-electron chi connectivity index (χ4n) is 2.25. The van der Waals surface area contributed by atoms with Crippen LogP contribution in [-0.2, 0) is 0 Å². The van der Waals surface area contributed by atoms with E-state index >= 15 is 0 Å². The average molecular weight is 280 g/mol. The van der Waals surface area contributed by atoms with E-state index < -0.39 is 29.1 Å². The molecular formula is C16H15F3O. The Morgan fingerprint density at radius 2 is 1.30 bits per heavy atom. The van der Waals surface area contributed by atoms with Crippen LogP contribution >= 0.6 is 0 Å². The first-order chi connectivity index (χ1) is 9.31. The molecule has 1 nitrogen and oxygen atoms in total. The zero-order valence-electron chi connectivity index (χ0n) is 11.5. The quantitative estimate of drug-likeness (QED) is 0.877. The van der Waals surface area contributed by atoms with Crippen molar-refractivity contribution in [1.82, 2.24) is 0 Å². The highest BCUT2D eigenvalue weighted by Gasteiger charge is 2.22. The molecule has 0 heterocycles. The molecule has 0 amide bonds. The summed E-state index contributed by atoms with van der Waals surface area (Å²) in [5, 5.41) is 10.2. The Morgan fingerprint density at radius 1 is 0.800 bits per heavy atom. The van der Waals surface area contributed by atoms with Crippen LogP contribution in [0.4, 0.5) is 13.2 Å². The van der Waals surface area contributed by atoms with Gasteiger partial charge in [0.05, 0.1) is 5.56 Å². The van der Waals surface area contributed by atoms with E-state index in [1.54, 1.807) is 13.0 Å². The molecule has 4 heteroatoms. The number of rotatable bonds is 2. The van der Waals surface area contributed by atoms with Crippen molar-refractivity contribution in [2.24, 2.45) is 0 Å². The minimum atomic E-state index is -1.46. The fourth-order valence-corrected chi connectivity index (χ4v) is 2.25. The smallest absolute Gasteiger partial charge is 0.135 e. The van der Waals surface area contributed by atoms with Gasteiger partial charge in [-0.3, -0.25) is 0 Å². The van der Waals surface area contributed by atoms with E-state index in [0.717, 1.165) is 16.7 Å². The minimum absolute atomic E-state index is 0.414. The third-order valence-electron chi connectivity index (χ3n) is 3.49. The summed E-state index contributed by atoms with van der Waals surface area (Å²) in [4.78, 5) is 0. The van der Waals surface area contributed by atoms with Gasteiger partial charge in [-0.1, -0.05) is 12.1 Å². The van der Waals surface area contributed by atoms with Crippen molar-refractivity contribution >= 4 is 0 Å². The van der Waals surface area contributed by atoms with E-state index in [1.807, 2.05) is 19.9 Å². The number of hydrogen-bond acceptors (Lipinski definition) is 1. The zero-order valence-corrected chi connectivity index (χ0v) is 11.5. The lowest BCUT2D eigenvalue weighted by atomic mass is 9.93. The molecule has 1 N–H and O–H groups in total. The Labute approximate surface area is 115 Å². The first-order valence-electron chi connectivity index (χ1n) is 6.21. The average Bonchev–Trinajstić information content (AvgIpc) is 2.32. The second kappa shape index (κ2) is 5.29. The number of benzene rings is 2. The molecule has 0 fully saturated rings. The first kappa shape index (κ1) is 14.6. The molecule has 106 valence electrons. The van der Waals surface area contributed by atoms with E-state index in [2.05, 4.69) is 0 Å². The Balaban J connectivity index is 2.57. The molecule has 0 spiro atoms. The van der Waals surface area contributed by atoms with Gasteiger partial charge in [0.15, 0.2) is 0 Å². The highest BCUT2D eigenvalue weighted by molar-refractivity contribution is 5.42. The summed E-state index contributed by atoms with van der Waals surface area (Å²) in [6.45, 7) is 5.52. The van der Waals surface area contributed by atoms with Gasteiger partial charge < -0.3 is 5.11 Å². The highest BCUT2D eigenvalue weighted by atomic mass is 19.1. The van der Waals surface area contributed by atoms with Crippen molar-refractivity contribution in [2.45, 2.75) is 26.9 Å². The fraction of sp³-hybridized carbons (Fsp3) is 0.250. The van der Waals surface area contributed by atoms with E-state index in [9.17, 15) is 18.3 Å². The molecule has 0 aliphatic rings. The van der Waals surface area contributed by atoms with Crippen LogP contribution in [0.15, 0.2) is 24.3 Å². The SMILES string of the molecule is Cc1cc(C)c(C(O)c2c(F)cc(F)cc2F)cc1C. The van der Waals surface area contributed by atoms with Gasteiger partial charge in [-0.05, 0) is 43.0 Å². The molecule has 0 aromatic heterocycles. The summed E-state index contributed by atoms with van der Waals surface area (Å²) in [5.41, 5.74) is 2.55. The summed E-state index contributed by atoms with van der Waals surface area (Å²) in [5.74, 6) is -3.19. The van der Waals surface area contributed by atoms with Crippen LogP contribution in [0.25, 0.3) is 0 Å². The molecule has 0 bridgehead atoms. The summed E-state index contributed by atoms with van der Waals surface area (Å²) < 4.78 is 40.3. The first-order valence-corrected chi connectivity index (χ1v) is 6.21. The van der Waals surface area contributed by atoms with Crippen LogP contribution in [0.2, 0.25) is 0 Å². The van der Waals surface area contributed by atoms with Crippen molar-refractivity contribution in [2.75, 3.05) is 0 Å². The molecule has 2 aromatic carbocycles. The Hall–Kier alpha value is -1.81. The molecule has 20 heavy (non-hydrogen) atoms. The van der Waals surface area contributed by atoms with Crippen LogP contribution in [-0.4, -0.2) is 5.11 Å². The van der Waals surface area contributed by atoms with E-state index in [-0.39, 0.29) is 0 Å². The molecule has 0 saturated heterocycles. The lowest BCUT2D eigenvalue weighted by Crippen LogP contribution is -2.09. The summed E-state index contributed by atoms with van der Waals surface area (Å²) in [6.07, 6.45) is -1.46. The van der Waals surface area contributed by atoms with Crippen LogP contribution in [0.1, 0.15) is 33.9 Å². The van der Waals surface area contributed by atoms with E-state index in [1.165, 1.54) is 0 Å². The second-order valence-electron chi connectivity index (χ2n) is 4.98. The number of aliphatic hydroxyl groups excluding tert-OH is 1. The molecule has 2 rings (SSSR count). The zero-order chi connectivity index (χ0) is 15.0. The number of halogens is 3. The van der Waals surface area contributed by atoms with Gasteiger partial charge in [0.25, 0.3) is 0 Å². The third-order valence-corrected chi connectivity index (χ3v) is 3.49. The van der Waals surface area contributed by atoms with Crippen LogP contribution < -0.4 is 0 Å². The second-order valence-corrected chi connectivity index (χ2v) is 4.98. The van der Waals surface area contributed by atoms with Gasteiger partial charge in [0, 0.05) is 12.1 Å². The molecule has 0 aliphatic carbocycles. The lowest BCUT2D eigenvalue weighted by Gasteiger charge is -2.17. The van der Waals surface area contributed by atoms with E-state index in [0.29, 0.717) is 17.7 Å². The van der Waals surface area contributed by atoms with Crippen molar-refractivity contribution in [3.63, 3.8) is 0 Å². The van der Waals surface area contributed by atoms with Gasteiger partial charge in [0.1, 0.15) is 23.6 Å². The van der Waals surface area contributed by atoms with Crippen LogP contribution in [0, 0.1) is 38.2 Å². The lowest BCUT2D eigenvalue weighted by molar-refractivity contribution is 0.208. The third kappa shape index (κ3) is 2.56. The Kier molecular flexibility index (Phi) is 3.86. The molecule has 0 radical (unpaired) electrons. The number of aryl methyl sites for hydroxylation is 3. The van der Waals surface area contributed by atoms with Gasteiger partial charge >= 0.3 is 0 Å². The summed E-state index contributed by atoms with van der Waals surface area (Å²) in [6, 6.07) is 4.67. The van der Waals surface area contributed by atoms with Crippen LogP contribution in [0.3, 0.4) is 0 Å².